The van der Waals surface area contributed by atoms with Gasteiger partial charge in [0.2, 0.25) is 0 Å². The second-order valence-electron chi connectivity index (χ2n) is 4.53. The molecular formula is C15H15ClFN3O. The van der Waals surface area contributed by atoms with Crippen molar-refractivity contribution in [1.29, 1.82) is 0 Å². The second kappa shape index (κ2) is 6.54. The molecule has 6 heteroatoms. The summed E-state index contributed by atoms with van der Waals surface area (Å²) < 4.78 is 13.6. The molecule has 2 rings (SSSR count). The number of nitrogens with one attached hydrogen (secondary N) is 1. The van der Waals surface area contributed by atoms with E-state index in [-0.39, 0.29) is 29.0 Å². The minimum Gasteiger partial charge on any atom is -0.373 e. The highest BCUT2D eigenvalue weighted by atomic mass is 35.5. The van der Waals surface area contributed by atoms with Gasteiger partial charge in [-0.3, -0.25) is 4.79 Å². The average molecular weight is 308 g/mol. The Balaban J connectivity index is 2.22. The van der Waals surface area contributed by atoms with Gasteiger partial charge in [0.15, 0.2) is 0 Å². The largest absolute Gasteiger partial charge is 0.373 e. The van der Waals surface area contributed by atoms with Crippen LogP contribution in [0.3, 0.4) is 0 Å². The van der Waals surface area contributed by atoms with Crippen LogP contribution < -0.4 is 5.32 Å². The second-order valence-corrected chi connectivity index (χ2v) is 4.94. The molecule has 0 bridgehead atoms. The van der Waals surface area contributed by atoms with E-state index in [0.717, 1.165) is 0 Å². The maximum Gasteiger partial charge on any atom is 0.274 e. The number of carbonyl (C=O) groups is 1. The lowest BCUT2D eigenvalue weighted by Gasteiger charge is -2.18. The molecule has 0 saturated heterocycles. The number of aromatic nitrogens is 1. The Bertz CT molecular complexity index is 663. The molecule has 4 nitrogen and oxygen atoms in total. The van der Waals surface area contributed by atoms with Crippen LogP contribution in [0.15, 0.2) is 36.4 Å². The van der Waals surface area contributed by atoms with E-state index in [1.165, 1.54) is 11.0 Å². The van der Waals surface area contributed by atoms with Crippen LogP contribution in [0.25, 0.3) is 0 Å². The Labute approximate surface area is 127 Å². The van der Waals surface area contributed by atoms with E-state index < -0.39 is 0 Å². The molecule has 0 fully saturated rings. The van der Waals surface area contributed by atoms with Crippen molar-refractivity contribution in [3.8, 4) is 0 Å². The molecule has 1 aromatic heterocycles. The fraction of sp³-hybridized carbons (Fsp3) is 0.200. The standard InChI is InChI=1S/C15H15ClFN3O/c1-18-13-8-7-11(16)14(19-13)15(21)20(2)9-10-5-3-4-6-12(10)17/h3-8H,9H2,1-2H3,(H,18,19). The van der Waals surface area contributed by atoms with Gasteiger partial charge in [0.1, 0.15) is 17.3 Å². The summed E-state index contributed by atoms with van der Waals surface area (Å²) in [7, 11) is 3.28. The van der Waals surface area contributed by atoms with E-state index in [4.69, 9.17) is 11.6 Å². The summed E-state index contributed by atoms with van der Waals surface area (Å²) >= 11 is 6.01. The Kier molecular flexibility index (Phi) is 4.75. The van der Waals surface area contributed by atoms with Crippen molar-refractivity contribution in [2.24, 2.45) is 0 Å². The van der Waals surface area contributed by atoms with Gasteiger partial charge in [-0.1, -0.05) is 29.8 Å². The molecule has 0 aliphatic carbocycles. The molecule has 0 atom stereocenters. The van der Waals surface area contributed by atoms with E-state index in [1.54, 1.807) is 44.4 Å². The smallest absolute Gasteiger partial charge is 0.274 e. The van der Waals surface area contributed by atoms with Crippen molar-refractivity contribution in [3.05, 3.63) is 58.5 Å². The first kappa shape index (κ1) is 15.3. The maximum atomic E-state index is 13.6. The number of nitrogens with zero attached hydrogens (tertiary/aromatic N) is 2. The Morgan fingerprint density at radius 2 is 2.05 bits per heavy atom. The highest BCUT2D eigenvalue weighted by molar-refractivity contribution is 6.33. The van der Waals surface area contributed by atoms with E-state index in [1.807, 2.05) is 0 Å². The summed E-state index contributed by atoms with van der Waals surface area (Å²) in [5.41, 5.74) is 0.580. The first-order valence-corrected chi connectivity index (χ1v) is 6.74. The number of pyridine rings is 1. The summed E-state index contributed by atoms with van der Waals surface area (Å²) in [6.45, 7) is 0.146. The van der Waals surface area contributed by atoms with Crippen LogP contribution in [0, 0.1) is 5.82 Å². The molecule has 0 saturated carbocycles. The van der Waals surface area contributed by atoms with Crippen LogP contribution >= 0.6 is 11.6 Å². The first-order chi connectivity index (χ1) is 10.0. The van der Waals surface area contributed by atoms with E-state index in [9.17, 15) is 9.18 Å². The zero-order chi connectivity index (χ0) is 15.4. The molecule has 0 radical (unpaired) electrons. The fourth-order valence-electron chi connectivity index (χ4n) is 1.87. The summed E-state index contributed by atoms with van der Waals surface area (Å²) in [5, 5.41) is 3.11. The third kappa shape index (κ3) is 3.49. The molecule has 0 aliphatic rings. The molecule has 2 aromatic rings. The van der Waals surface area contributed by atoms with Crippen LogP contribution in [0.1, 0.15) is 16.1 Å². The third-order valence-electron chi connectivity index (χ3n) is 3.02. The van der Waals surface area contributed by atoms with Crippen molar-refractivity contribution < 1.29 is 9.18 Å². The molecule has 1 aromatic carbocycles. The molecule has 0 spiro atoms. The number of hydrogen-bond acceptors (Lipinski definition) is 3. The molecule has 110 valence electrons. The van der Waals surface area contributed by atoms with Gasteiger partial charge in [0, 0.05) is 26.2 Å². The third-order valence-corrected chi connectivity index (χ3v) is 3.32. The monoisotopic (exact) mass is 307 g/mol. The first-order valence-electron chi connectivity index (χ1n) is 6.36. The highest BCUT2D eigenvalue weighted by Crippen LogP contribution is 2.19. The maximum absolute atomic E-state index is 13.6. The number of anilines is 1. The highest BCUT2D eigenvalue weighted by Gasteiger charge is 2.18. The van der Waals surface area contributed by atoms with Gasteiger partial charge in [-0.25, -0.2) is 9.37 Å². The van der Waals surface area contributed by atoms with Gasteiger partial charge >= 0.3 is 0 Å². The van der Waals surface area contributed by atoms with Crippen LogP contribution in [0.4, 0.5) is 10.2 Å². The predicted octanol–water partition coefficient (Wildman–Crippen LogP) is 3.19. The normalized spacial score (nSPS) is 10.3. The Hall–Kier alpha value is -2.14. The van der Waals surface area contributed by atoms with Crippen molar-refractivity contribution in [2.75, 3.05) is 19.4 Å². The van der Waals surface area contributed by atoms with Crippen molar-refractivity contribution >= 4 is 23.3 Å². The zero-order valence-electron chi connectivity index (χ0n) is 11.7. The average Bonchev–Trinajstić information content (AvgIpc) is 2.49. The lowest BCUT2D eigenvalue weighted by atomic mass is 10.2. The molecule has 1 amide bonds. The fourth-order valence-corrected chi connectivity index (χ4v) is 2.05. The van der Waals surface area contributed by atoms with Crippen molar-refractivity contribution in [3.63, 3.8) is 0 Å². The number of rotatable bonds is 4. The molecule has 1 heterocycles. The van der Waals surface area contributed by atoms with Gasteiger partial charge < -0.3 is 10.2 Å². The Morgan fingerprint density at radius 1 is 1.33 bits per heavy atom. The molecule has 0 aliphatic heterocycles. The SMILES string of the molecule is CNc1ccc(Cl)c(C(=O)N(C)Cc2ccccc2F)n1. The van der Waals surface area contributed by atoms with E-state index in [2.05, 4.69) is 10.3 Å². The number of benzene rings is 1. The van der Waals surface area contributed by atoms with Crippen LogP contribution in [-0.2, 0) is 6.54 Å². The van der Waals surface area contributed by atoms with Gasteiger partial charge in [-0.15, -0.1) is 0 Å². The number of carbonyl (C=O) groups excluding carboxylic acids is 1. The molecule has 21 heavy (non-hydrogen) atoms. The summed E-state index contributed by atoms with van der Waals surface area (Å²) in [5.74, 6) is -0.164. The lowest BCUT2D eigenvalue weighted by molar-refractivity contribution is 0.0778. The number of amides is 1. The van der Waals surface area contributed by atoms with Gasteiger partial charge in [0.05, 0.1) is 5.02 Å². The lowest BCUT2D eigenvalue weighted by Crippen LogP contribution is -2.28. The topological polar surface area (TPSA) is 45.2 Å². The molecular weight excluding hydrogens is 293 g/mol. The molecule has 0 unspecified atom stereocenters. The van der Waals surface area contributed by atoms with Crippen LogP contribution in [0.5, 0.6) is 0 Å². The van der Waals surface area contributed by atoms with Crippen molar-refractivity contribution in [2.45, 2.75) is 6.54 Å². The molecule has 1 N–H and O–H groups in total. The van der Waals surface area contributed by atoms with Crippen LogP contribution in [-0.4, -0.2) is 29.9 Å². The minimum absolute atomic E-state index is 0.141. The van der Waals surface area contributed by atoms with E-state index >= 15 is 0 Å². The van der Waals surface area contributed by atoms with Gasteiger partial charge in [-0.2, -0.15) is 0 Å². The van der Waals surface area contributed by atoms with Crippen molar-refractivity contribution in [1.82, 2.24) is 9.88 Å². The van der Waals surface area contributed by atoms with Gasteiger partial charge in [0.25, 0.3) is 5.91 Å². The number of halogens is 2. The predicted molar refractivity (Wildman–Crippen MR) is 81.0 cm³/mol. The minimum atomic E-state index is -0.361. The summed E-state index contributed by atoms with van der Waals surface area (Å²) in [6, 6.07) is 9.61. The quantitative estimate of drug-likeness (QED) is 0.943. The number of hydrogen-bond donors (Lipinski definition) is 1. The zero-order valence-corrected chi connectivity index (χ0v) is 12.5. The van der Waals surface area contributed by atoms with Gasteiger partial charge in [-0.05, 0) is 18.2 Å². The van der Waals surface area contributed by atoms with E-state index in [0.29, 0.717) is 11.4 Å². The summed E-state index contributed by atoms with van der Waals surface area (Å²) in [6.07, 6.45) is 0. The van der Waals surface area contributed by atoms with Crippen LogP contribution in [0.2, 0.25) is 5.02 Å². The summed E-state index contributed by atoms with van der Waals surface area (Å²) in [4.78, 5) is 17.9. The Morgan fingerprint density at radius 3 is 2.71 bits per heavy atom.